The standard InChI is InChI=1S/C18H19N5/c1-12-3-7-14(8-4-12)16-11-17(15-9-5-13(2)6-10-15)23-18(19-16)20-21-22-23/h3-10,16-17H,11H2,1-2H3,(H,19,20,22)/t16-,17-/m0/s1. The molecule has 4 rings (SSSR count). The Morgan fingerprint density at radius 2 is 1.52 bits per heavy atom. The van der Waals surface area contributed by atoms with Crippen LogP contribution >= 0.6 is 0 Å². The van der Waals surface area contributed by atoms with Gasteiger partial charge in [0, 0.05) is 0 Å². The van der Waals surface area contributed by atoms with Crippen molar-refractivity contribution >= 4 is 5.95 Å². The molecule has 0 amide bonds. The number of fused-ring (bicyclic) bond motifs is 1. The highest BCUT2D eigenvalue weighted by molar-refractivity contribution is 5.38. The summed E-state index contributed by atoms with van der Waals surface area (Å²) in [5.41, 5.74) is 5.03. The van der Waals surface area contributed by atoms with Crippen LogP contribution in [-0.4, -0.2) is 20.2 Å². The molecular weight excluding hydrogens is 286 g/mol. The lowest BCUT2D eigenvalue weighted by molar-refractivity contribution is 0.423. The fourth-order valence-electron chi connectivity index (χ4n) is 3.12. The normalized spacial score (nSPS) is 19.9. The molecule has 23 heavy (non-hydrogen) atoms. The summed E-state index contributed by atoms with van der Waals surface area (Å²) in [5.74, 6) is 0.729. The molecule has 0 saturated heterocycles. The summed E-state index contributed by atoms with van der Waals surface area (Å²) < 4.78 is 1.88. The average molecular weight is 305 g/mol. The van der Waals surface area contributed by atoms with E-state index < -0.39 is 0 Å². The summed E-state index contributed by atoms with van der Waals surface area (Å²) in [5, 5.41) is 15.6. The van der Waals surface area contributed by atoms with Crippen molar-refractivity contribution in [1.29, 1.82) is 0 Å². The molecule has 0 fully saturated rings. The number of hydrogen-bond acceptors (Lipinski definition) is 4. The van der Waals surface area contributed by atoms with Crippen LogP contribution in [0.4, 0.5) is 5.95 Å². The maximum Gasteiger partial charge on any atom is 0.243 e. The van der Waals surface area contributed by atoms with Crippen LogP contribution in [0.1, 0.15) is 40.8 Å². The van der Waals surface area contributed by atoms with Crippen molar-refractivity contribution in [3.8, 4) is 0 Å². The van der Waals surface area contributed by atoms with Crippen LogP contribution in [0.5, 0.6) is 0 Å². The van der Waals surface area contributed by atoms with E-state index >= 15 is 0 Å². The van der Waals surface area contributed by atoms with Crippen molar-refractivity contribution in [2.75, 3.05) is 5.32 Å². The van der Waals surface area contributed by atoms with Crippen LogP contribution in [0.2, 0.25) is 0 Å². The predicted molar refractivity (Wildman–Crippen MR) is 89.3 cm³/mol. The van der Waals surface area contributed by atoms with Crippen LogP contribution in [0.15, 0.2) is 48.5 Å². The number of aryl methyl sites for hydroxylation is 2. The maximum atomic E-state index is 4.17. The molecule has 1 N–H and O–H groups in total. The van der Waals surface area contributed by atoms with Crippen molar-refractivity contribution in [2.24, 2.45) is 0 Å². The van der Waals surface area contributed by atoms with Crippen molar-refractivity contribution in [1.82, 2.24) is 20.2 Å². The topological polar surface area (TPSA) is 55.6 Å². The second kappa shape index (κ2) is 5.50. The molecule has 5 nitrogen and oxygen atoms in total. The fourth-order valence-corrected chi connectivity index (χ4v) is 3.12. The van der Waals surface area contributed by atoms with Gasteiger partial charge in [0.05, 0.1) is 12.1 Å². The molecule has 0 saturated carbocycles. The van der Waals surface area contributed by atoms with Crippen molar-refractivity contribution in [3.63, 3.8) is 0 Å². The number of nitrogens with one attached hydrogen (secondary N) is 1. The van der Waals surface area contributed by atoms with Gasteiger partial charge in [0.1, 0.15) is 0 Å². The monoisotopic (exact) mass is 305 g/mol. The molecule has 0 unspecified atom stereocenters. The molecule has 116 valence electrons. The lowest BCUT2D eigenvalue weighted by atomic mass is 9.92. The van der Waals surface area contributed by atoms with Crippen LogP contribution in [0.25, 0.3) is 0 Å². The van der Waals surface area contributed by atoms with Crippen LogP contribution in [0, 0.1) is 13.8 Å². The maximum absolute atomic E-state index is 4.17. The zero-order valence-corrected chi connectivity index (χ0v) is 13.3. The number of benzene rings is 2. The van der Waals surface area contributed by atoms with E-state index in [2.05, 4.69) is 83.2 Å². The first-order chi connectivity index (χ1) is 11.2. The molecular formula is C18H19N5. The minimum absolute atomic E-state index is 0.146. The molecule has 2 heterocycles. The van der Waals surface area contributed by atoms with Gasteiger partial charge in [-0.2, -0.15) is 0 Å². The molecule has 2 atom stereocenters. The second-order valence-corrected chi connectivity index (χ2v) is 6.22. The number of anilines is 1. The molecule has 3 aromatic rings. The Hall–Kier alpha value is -2.69. The summed E-state index contributed by atoms with van der Waals surface area (Å²) in [4.78, 5) is 0. The molecule has 0 radical (unpaired) electrons. The van der Waals surface area contributed by atoms with Gasteiger partial charge in [0.2, 0.25) is 5.95 Å². The number of rotatable bonds is 2. The van der Waals surface area contributed by atoms with Crippen molar-refractivity contribution in [2.45, 2.75) is 32.4 Å². The third-order valence-corrected chi connectivity index (χ3v) is 4.49. The third kappa shape index (κ3) is 2.59. The Kier molecular flexibility index (Phi) is 3.33. The molecule has 5 heteroatoms. The number of nitrogens with zero attached hydrogens (tertiary/aromatic N) is 4. The summed E-state index contributed by atoms with van der Waals surface area (Å²) in [6.45, 7) is 4.21. The Balaban J connectivity index is 1.71. The van der Waals surface area contributed by atoms with E-state index in [1.165, 1.54) is 22.3 Å². The average Bonchev–Trinajstić information content (AvgIpc) is 3.04. The van der Waals surface area contributed by atoms with Gasteiger partial charge in [-0.1, -0.05) is 64.8 Å². The summed E-state index contributed by atoms with van der Waals surface area (Å²) in [6, 6.07) is 17.6. The summed E-state index contributed by atoms with van der Waals surface area (Å²) in [7, 11) is 0. The molecule has 1 aliphatic heterocycles. The quantitative estimate of drug-likeness (QED) is 0.788. The molecule has 2 aromatic carbocycles. The van der Waals surface area contributed by atoms with Crippen molar-refractivity contribution in [3.05, 3.63) is 70.8 Å². The molecule has 1 aromatic heterocycles. The minimum Gasteiger partial charge on any atom is -0.346 e. The van der Waals surface area contributed by atoms with Crippen molar-refractivity contribution < 1.29 is 0 Å². The number of hydrogen-bond donors (Lipinski definition) is 1. The lowest BCUT2D eigenvalue weighted by Crippen LogP contribution is -2.28. The van der Waals surface area contributed by atoms with E-state index in [0.29, 0.717) is 0 Å². The van der Waals surface area contributed by atoms with Gasteiger partial charge in [-0.3, -0.25) is 0 Å². The highest BCUT2D eigenvalue weighted by Crippen LogP contribution is 2.36. The predicted octanol–water partition coefficient (Wildman–Crippen LogP) is 3.44. The zero-order valence-electron chi connectivity index (χ0n) is 13.3. The first kappa shape index (κ1) is 13.9. The van der Waals surface area contributed by atoms with Crippen LogP contribution < -0.4 is 5.32 Å². The van der Waals surface area contributed by atoms with Gasteiger partial charge < -0.3 is 5.32 Å². The zero-order chi connectivity index (χ0) is 15.8. The van der Waals surface area contributed by atoms with E-state index in [0.717, 1.165) is 12.4 Å². The van der Waals surface area contributed by atoms with E-state index in [-0.39, 0.29) is 12.1 Å². The molecule has 0 aliphatic carbocycles. The van der Waals surface area contributed by atoms with Gasteiger partial charge in [-0.05, 0) is 41.8 Å². The minimum atomic E-state index is 0.146. The van der Waals surface area contributed by atoms with Gasteiger partial charge in [0.25, 0.3) is 0 Å². The van der Waals surface area contributed by atoms with E-state index in [9.17, 15) is 0 Å². The second-order valence-electron chi connectivity index (χ2n) is 6.22. The highest BCUT2D eigenvalue weighted by Gasteiger charge is 2.30. The van der Waals surface area contributed by atoms with E-state index in [1.54, 1.807) is 0 Å². The number of tetrazole rings is 1. The largest absolute Gasteiger partial charge is 0.346 e. The first-order valence-corrected chi connectivity index (χ1v) is 7.88. The Morgan fingerprint density at radius 3 is 2.17 bits per heavy atom. The summed E-state index contributed by atoms with van der Waals surface area (Å²) >= 11 is 0. The Labute approximate surface area is 135 Å². The van der Waals surface area contributed by atoms with Gasteiger partial charge in [-0.25, -0.2) is 4.68 Å². The highest BCUT2D eigenvalue weighted by atomic mass is 15.6. The summed E-state index contributed by atoms with van der Waals surface area (Å²) in [6.07, 6.45) is 0.921. The van der Waals surface area contributed by atoms with Gasteiger partial charge >= 0.3 is 0 Å². The lowest BCUT2D eigenvalue weighted by Gasteiger charge is -2.31. The smallest absolute Gasteiger partial charge is 0.243 e. The first-order valence-electron chi connectivity index (χ1n) is 7.88. The molecule has 0 bridgehead atoms. The van der Waals surface area contributed by atoms with Gasteiger partial charge in [-0.15, -0.1) is 0 Å². The molecule has 1 aliphatic rings. The Bertz CT molecular complexity index is 804. The van der Waals surface area contributed by atoms with E-state index in [4.69, 9.17) is 0 Å². The third-order valence-electron chi connectivity index (χ3n) is 4.49. The van der Waals surface area contributed by atoms with Crippen LogP contribution in [0.3, 0.4) is 0 Å². The molecule has 0 spiro atoms. The van der Waals surface area contributed by atoms with Crippen LogP contribution in [-0.2, 0) is 0 Å². The number of aromatic nitrogens is 4. The van der Waals surface area contributed by atoms with Gasteiger partial charge in [0.15, 0.2) is 0 Å². The fraction of sp³-hybridized carbons (Fsp3) is 0.278. The van der Waals surface area contributed by atoms with E-state index in [1.807, 2.05) is 4.68 Å². The SMILES string of the molecule is Cc1ccc([C@@H]2C[C@@H](c3ccc(C)cc3)n3nnnc3N2)cc1. The Morgan fingerprint density at radius 1 is 0.913 bits per heavy atom.